The van der Waals surface area contributed by atoms with Crippen LogP contribution in [0.4, 0.5) is 10.6 Å². The van der Waals surface area contributed by atoms with Crippen molar-refractivity contribution in [2.24, 2.45) is 11.3 Å². The highest BCUT2D eigenvalue weighted by Crippen LogP contribution is 2.42. The minimum Gasteiger partial charge on any atom is -0.491 e. The Morgan fingerprint density at radius 2 is 2.15 bits per heavy atom. The lowest BCUT2D eigenvalue weighted by atomic mass is 9.79. The van der Waals surface area contributed by atoms with Crippen molar-refractivity contribution in [1.82, 2.24) is 20.2 Å². The summed E-state index contributed by atoms with van der Waals surface area (Å²) in [5, 5.41) is 13.0. The van der Waals surface area contributed by atoms with Crippen molar-refractivity contribution in [2.45, 2.75) is 39.2 Å². The number of aromatic nitrogens is 2. The van der Waals surface area contributed by atoms with E-state index in [-0.39, 0.29) is 18.1 Å². The van der Waals surface area contributed by atoms with Gasteiger partial charge in [0, 0.05) is 68.2 Å². The van der Waals surface area contributed by atoms with E-state index in [2.05, 4.69) is 17.1 Å². The van der Waals surface area contributed by atoms with Gasteiger partial charge in [-0.05, 0) is 58.2 Å². The summed E-state index contributed by atoms with van der Waals surface area (Å²) in [5.41, 5.74) is 3.15. The second-order valence-corrected chi connectivity index (χ2v) is 11.2. The lowest BCUT2D eigenvalue weighted by Gasteiger charge is -2.47. The highest BCUT2D eigenvalue weighted by Gasteiger charge is 2.50. The number of likely N-dealkylation sites (N-methyl/N-ethyl adjacent to an activating group) is 1. The average molecular weight is 540 g/mol. The van der Waals surface area contributed by atoms with E-state index in [4.69, 9.17) is 24.2 Å². The van der Waals surface area contributed by atoms with E-state index in [1.807, 2.05) is 31.2 Å². The smallest absolute Gasteiger partial charge is 0.409 e. The minimum absolute atomic E-state index is 0.0890. The number of rotatable bonds is 10. The van der Waals surface area contributed by atoms with E-state index in [0.29, 0.717) is 30.6 Å². The van der Waals surface area contributed by atoms with Gasteiger partial charge in [-0.15, -0.1) is 0 Å². The first kappa shape index (κ1) is 27.6. The minimum atomic E-state index is -0.588. The maximum Gasteiger partial charge on any atom is 0.409 e. The molecule has 39 heavy (non-hydrogen) atoms. The van der Waals surface area contributed by atoms with Crippen LogP contribution in [0.25, 0.3) is 11.4 Å². The Hall–Kier alpha value is -2.95. The van der Waals surface area contributed by atoms with Crippen LogP contribution in [0.15, 0.2) is 24.3 Å². The summed E-state index contributed by atoms with van der Waals surface area (Å²) >= 11 is 0. The summed E-state index contributed by atoms with van der Waals surface area (Å²) in [6.45, 7) is 9.81. The van der Waals surface area contributed by atoms with Crippen molar-refractivity contribution < 1.29 is 24.1 Å². The highest BCUT2D eigenvalue weighted by molar-refractivity contribution is 5.69. The van der Waals surface area contributed by atoms with Crippen molar-refractivity contribution in [3.8, 4) is 17.1 Å². The van der Waals surface area contributed by atoms with Crippen molar-refractivity contribution in [2.75, 3.05) is 71.1 Å². The first-order valence-corrected chi connectivity index (χ1v) is 14.1. The molecule has 3 aliphatic rings. The molecule has 1 amide bonds. The molecule has 0 aliphatic carbocycles. The molecular weight excluding hydrogens is 498 g/mol. The number of nitrogens with zero attached hydrogens (tertiary/aromatic N) is 4. The van der Waals surface area contributed by atoms with Gasteiger partial charge in [-0.1, -0.05) is 12.1 Å². The van der Waals surface area contributed by atoms with E-state index in [1.54, 1.807) is 11.9 Å². The Kier molecular flexibility index (Phi) is 8.54. The van der Waals surface area contributed by atoms with E-state index in [1.165, 1.54) is 0 Å². The summed E-state index contributed by atoms with van der Waals surface area (Å²) in [7, 11) is 1.80. The first-order valence-electron chi connectivity index (χ1n) is 14.1. The topological polar surface area (TPSA) is 109 Å². The third-order valence-corrected chi connectivity index (χ3v) is 8.02. The lowest BCUT2D eigenvalue weighted by molar-refractivity contribution is 0.0106. The van der Waals surface area contributed by atoms with E-state index < -0.39 is 6.10 Å². The maximum absolute atomic E-state index is 12.2. The van der Waals surface area contributed by atoms with Gasteiger partial charge in [-0.2, -0.15) is 0 Å². The molecular formula is C29H41N5O5. The van der Waals surface area contributed by atoms with Gasteiger partial charge in [0.2, 0.25) is 0 Å². The zero-order chi connectivity index (χ0) is 27.4. The number of aliphatic hydroxyl groups is 1. The molecule has 1 spiro atoms. The third-order valence-electron chi connectivity index (χ3n) is 8.02. The van der Waals surface area contributed by atoms with Gasteiger partial charge in [-0.3, -0.25) is 0 Å². The largest absolute Gasteiger partial charge is 0.491 e. The maximum atomic E-state index is 12.2. The Balaban J connectivity index is 1.38. The van der Waals surface area contributed by atoms with Crippen molar-refractivity contribution in [1.29, 1.82) is 0 Å². The van der Waals surface area contributed by atoms with Crippen molar-refractivity contribution in [3.63, 3.8) is 0 Å². The van der Waals surface area contributed by atoms with Crippen molar-refractivity contribution >= 4 is 11.9 Å². The number of nitrogens with one attached hydrogen (secondary N) is 1. The fourth-order valence-corrected chi connectivity index (χ4v) is 5.90. The molecule has 0 bridgehead atoms. The van der Waals surface area contributed by atoms with E-state index in [0.717, 1.165) is 81.3 Å². The van der Waals surface area contributed by atoms with Crippen LogP contribution < -0.4 is 15.0 Å². The lowest BCUT2D eigenvalue weighted by Crippen LogP contribution is -2.59. The number of aliphatic hydroxyl groups excluding tert-OH is 1. The van der Waals surface area contributed by atoms with Gasteiger partial charge < -0.3 is 34.4 Å². The van der Waals surface area contributed by atoms with Crippen LogP contribution in [0.3, 0.4) is 0 Å². The van der Waals surface area contributed by atoms with Crippen molar-refractivity contribution in [3.05, 3.63) is 35.5 Å². The normalized spacial score (nSPS) is 20.8. The predicted octanol–water partition coefficient (Wildman–Crippen LogP) is 2.66. The Morgan fingerprint density at radius 1 is 1.31 bits per heavy atom. The summed E-state index contributed by atoms with van der Waals surface area (Å²) in [5.74, 6) is 2.77. The molecule has 4 heterocycles. The molecule has 1 unspecified atom stereocenters. The molecule has 2 aromatic rings. The van der Waals surface area contributed by atoms with Crippen LogP contribution in [-0.4, -0.2) is 98.4 Å². The van der Waals surface area contributed by atoms with Gasteiger partial charge in [0.15, 0.2) is 5.82 Å². The number of hydrogen-bond donors (Lipinski definition) is 2. The summed E-state index contributed by atoms with van der Waals surface area (Å²) in [6, 6.07) is 7.77. The third kappa shape index (κ3) is 6.28. The zero-order valence-corrected chi connectivity index (χ0v) is 23.3. The second-order valence-electron chi connectivity index (χ2n) is 11.2. The molecule has 1 aromatic carbocycles. The molecule has 0 saturated carbocycles. The van der Waals surface area contributed by atoms with Gasteiger partial charge in [0.1, 0.15) is 24.3 Å². The first-order chi connectivity index (χ1) is 18.9. The van der Waals surface area contributed by atoms with E-state index in [9.17, 15) is 9.90 Å². The van der Waals surface area contributed by atoms with E-state index >= 15 is 0 Å². The van der Waals surface area contributed by atoms with Crippen LogP contribution in [0.1, 0.15) is 31.0 Å². The SMILES string of the molecule is CCOC(=O)N1CC2(CCN(c3nc(-c4cccc(OCC(O)CNC)c4)nc(C[C@@H]4CCOC4)c3C)C2)C1. The molecule has 2 N–H and O–H groups in total. The Morgan fingerprint density at radius 3 is 2.90 bits per heavy atom. The molecule has 0 radical (unpaired) electrons. The fraction of sp³-hybridized carbons (Fsp3) is 0.621. The molecule has 1 aromatic heterocycles. The molecule has 10 heteroatoms. The van der Waals surface area contributed by atoms with Crippen LogP contribution in [0.2, 0.25) is 0 Å². The molecule has 2 atom stereocenters. The molecule has 3 fully saturated rings. The number of carbonyl (C=O) groups excluding carboxylic acids is 1. The molecule has 212 valence electrons. The van der Waals surface area contributed by atoms with Gasteiger partial charge in [0.05, 0.1) is 6.61 Å². The van der Waals surface area contributed by atoms with Gasteiger partial charge in [0.25, 0.3) is 0 Å². The van der Waals surface area contributed by atoms with Gasteiger partial charge >= 0.3 is 6.09 Å². The average Bonchev–Trinajstić information content (AvgIpc) is 3.59. The number of amides is 1. The Bertz CT molecular complexity index is 1150. The number of ether oxygens (including phenoxy) is 3. The molecule has 5 rings (SSSR count). The van der Waals surface area contributed by atoms with Gasteiger partial charge in [-0.25, -0.2) is 14.8 Å². The zero-order valence-electron chi connectivity index (χ0n) is 23.3. The Labute approximate surface area is 230 Å². The van der Waals surface area contributed by atoms with Crippen LogP contribution in [0.5, 0.6) is 5.75 Å². The van der Waals surface area contributed by atoms with Crippen LogP contribution in [-0.2, 0) is 15.9 Å². The monoisotopic (exact) mass is 539 g/mol. The quantitative estimate of drug-likeness (QED) is 0.471. The fourth-order valence-electron chi connectivity index (χ4n) is 5.90. The summed E-state index contributed by atoms with van der Waals surface area (Å²) in [6.07, 6.45) is 2.11. The standard InChI is InChI=1S/C29H41N5O5/c1-4-38-28(36)34-18-29(19-34)9-10-33(17-29)27-20(2)25(12-21-8-11-37-15-21)31-26(32-27)22-6-5-7-24(13-22)39-16-23(35)14-30-3/h5-7,13,21,23,30,35H,4,8-12,14-19H2,1-3H3/t21-,23?/m0/s1. The summed E-state index contributed by atoms with van der Waals surface area (Å²) < 4.78 is 16.7. The number of hydrogen-bond acceptors (Lipinski definition) is 9. The predicted molar refractivity (Wildman–Crippen MR) is 148 cm³/mol. The number of benzene rings is 1. The number of anilines is 1. The number of carbonyl (C=O) groups is 1. The van der Waals surface area contributed by atoms with Crippen LogP contribution in [0, 0.1) is 18.3 Å². The second kappa shape index (κ2) is 12.1. The van der Waals surface area contributed by atoms with Crippen LogP contribution >= 0.6 is 0 Å². The molecule has 10 nitrogen and oxygen atoms in total. The summed E-state index contributed by atoms with van der Waals surface area (Å²) in [4.78, 5) is 26.5. The molecule has 3 saturated heterocycles. The molecule has 3 aliphatic heterocycles. The number of likely N-dealkylation sites (tertiary alicyclic amines) is 1. The highest BCUT2D eigenvalue weighted by atomic mass is 16.6.